The molecule has 0 aliphatic carbocycles. The molecule has 108 valence electrons. The van der Waals surface area contributed by atoms with Gasteiger partial charge in [0, 0.05) is 8.96 Å². The van der Waals surface area contributed by atoms with Gasteiger partial charge in [-0.05, 0) is 65.9 Å². The minimum absolute atomic E-state index is 0.00806. The molecule has 1 unspecified atom stereocenters. The molecule has 0 bridgehead atoms. The van der Waals surface area contributed by atoms with Gasteiger partial charge >= 0.3 is 0 Å². The van der Waals surface area contributed by atoms with Gasteiger partial charge in [-0.25, -0.2) is 0 Å². The van der Waals surface area contributed by atoms with Gasteiger partial charge in [-0.1, -0.05) is 35.9 Å². The number of aryl methyl sites for hydroxylation is 1. The highest BCUT2D eigenvalue weighted by Gasteiger charge is 2.18. The Labute approximate surface area is 142 Å². The lowest BCUT2D eigenvalue weighted by molar-refractivity contribution is 0.490. The van der Waals surface area contributed by atoms with E-state index in [-0.39, 0.29) is 6.04 Å². The number of rotatable bonds is 3. The fourth-order valence-electron chi connectivity index (χ4n) is 2.54. The molecule has 0 fully saturated rings. The molecule has 0 aliphatic heterocycles. The molecule has 2 aromatic carbocycles. The van der Waals surface area contributed by atoms with Crippen LogP contribution in [0.3, 0.4) is 0 Å². The molecular weight excluding hydrogens is 397 g/mol. The zero-order valence-electron chi connectivity index (χ0n) is 11.8. The quantitative estimate of drug-likeness (QED) is 0.591. The van der Waals surface area contributed by atoms with Crippen molar-refractivity contribution in [3.8, 4) is 0 Å². The summed E-state index contributed by atoms with van der Waals surface area (Å²) in [4.78, 5) is 0. The van der Waals surface area contributed by atoms with Crippen LogP contribution >= 0.6 is 34.2 Å². The van der Waals surface area contributed by atoms with E-state index in [4.69, 9.17) is 16.0 Å². The van der Waals surface area contributed by atoms with E-state index in [9.17, 15) is 0 Å². The van der Waals surface area contributed by atoms with E-state index in [1.54, 1.807) is 0 Å². The van der Waals surface area contributed by atoms with E-state index in [1.807, 2.05) is 25.2 Å². The summed E-state index contributed by atoms with van der Waals surface area (Å²) in [5.41, 5.74) is 3.19. The maximum absolute atomic E-state index is 6.24. The average molecular weight is 412 g/mol. The van der Waals surface area contributed by atoms with Crippen LogP contribution in [-0.4, -0.2) is 7.05 Å². The Bertz CT molecular complexity index is 797. The van der Waals surface area contributed by atoms with E-state index in [0.717, 1.165) is 36.4 Å². The van der Waals surface area contributed by atoms with Crippen LogP contribution in [0.25, 0.3) is 11.0 Å². The van der Waals surface area contributed by atoms with E-state index < -0.39 is 0 Å². The van der Waals surface area contributed by atoms with Crippen LogP contribution in [0.15, 0.2) is 46.9 Å². The first-order chi connectivity index (χ1) is 10.1. The number of furan rings is 1. The molecule has 4 heteroatoms. The largest absolute Gasteiger partial charge is 0.459 e. The number of fused-ring (bicyclic) bond motifs is 1. The zero-order valence-corrected chi connectivity index (χ0v) is 14.7. The highest BCUT2D eigenvalue weighted by Crippen LogP contribution is 2.31. The zero-order chi connectivity index (χ0) is 15.0. The lowest BCUT2D eigenvalue weighted by Crippen LogP contribution is -2.17. The number of nitrogens with one attached hydrogen (secondary N) is 1. The predicted molar refractivity (Wildman–Crippen MR) is 96.0 cm³/mol. The Balaban J connectivity index is 2.09. The van der Waals surface area contributed by atoms with Crippen LogP contribution in [-0.2, 0) is 0 Å². The Morgan fingerprint density at radius 1 is 1.19 bits per heavy atom. The molecule has 1 N–H and O–H groups in total. The third-order valence-electron chi connectivity index (χ3n) is 3.61. The van der Waals surface area contributed by atoms with Gasteiger partial charge in [0.15, 0.2) is 0 Å². The van der Waals surface area contributed by atoms with E-state index >= 15 is 0 Å². The molecule has 0 radical (unpaired) electrons. The van der Waals surface area contributed by atoms with Crippen molar-refractivity contribution < 1.29 is 4.42 Å². The fraction of sp³-hybridized carbons (Fsp3) is 0.176. The minimum Gasteiger partial charge on any atom is -0.459 e. The summed E-state index contributed by atoms with van der Waals surface area (Å²) in [5.74, 6) is 0.902. The maximum atomic E-state index is 6.24. The van der Waals surface area contributed by atoms with Crippen molar-refractivity contribution in [2.75, 3.05) is 7.05 Å². The van der Waals surface area contributed by atoms with Gasteiger partial charge in [-0.15, -0.1) is 0 Å². The van der Waals surface area contributed by atoms with Crippen LogP contribution in [0.4, 0.5) is 0 Å². The van der Waals surface area contributed by atoms with Gasteiger partial charge in [0.2, 0.25) is 0 Å². The second-order valence-corrected chi connectivity index (χ2v) is 6.61. The Morgan fingerprint density at radius 3 is 2.67 bits per heavy atom. The van der Waals surface area contributed by atoms with Crippen LogP contribution in [0.1, 0.15) is 22.9 Å². The number of benzene rings is 2. The van der Waals surface area contributed by atoms with Gasteiger partial charge in [0.25, 0.3) is 0 Å². The van der Waals surface area contributed by atoms with Gasteiger partial charge in [-0.2, -0.15) is 0 Å². The van der Waals surface area contributed by atoms with Crippen LogP contribution in [0.2, 0.25) is 5.02 Å². The fourth-order valence-corrected chi connectivity index (χ4v) is 3.06. The molecule has 1 aromatic heterocycles. The second kappa shape index (κ2) is 5.99. The SMILES string of the molecule is CNC(c1ccc(I)c(Cl)c1)c1cc2cccc(C)c2o1. The van der Waals surface area contributed by atoms with E-state index in [1.165, 1.54) is 0 Å². The average Bonchev–Trinajstić information content (AvgIpc) is 2.89. The Kier molecular flexibility index (Phi) is 4.24. The minimum atomic E-state index is -0.00806. The summed E-state index contributed by atoms with van der Waals surface area (Å²) in [6.07, 6.45) is 0. The lowest BCUT2D eigenvalue weighted by atomic mass is 10.0. The first-order valence-corrected chi connectivity index (χ1v) is 8.17. The Hall–Kier alpha value is -1.04. The van der Waals surface area contributed by atoms with E-state index in [2.05, 4.69) is 59.1 Å². The first kappa shape index (κ1) is 14.9. The second-order valence-electron chi connectivity index (χ2n) is 5.04. The third-order valence-corrected chi connectivity index (χ3v) is 5.18. The van der Waals surface area contributed by atoms with Crippen molar-refractivity contribution in [3.63, 3.8) is 0 Å². The topological polar surface area (TPSA) is 25.2 Å². The van der Waals surface area contributed by atoms with Crippen LogP contribution in [0, 0.1) is 10.5 Å². The molecule has 0 amide bonds. The van der Waals surface area contributed by atoms with Crippen LogP contribution < -0.4 is 5.32 Å². The molecule has 2 nitrogen and oxygen atoms in total. The van der Waals surface area contributed by atoms with Crippen molar-refractivity contribution in [1.82, 2.24) is 5.32 Å². The molecule has 3 aromatic rings. The summed E-state index contributed by atoms with van der Waals surface area (Å²) in [5, 5.41) is 5.20. The van der Waals surface area contributed by atoms with E-state index in [0.29, 0.717) is 0 Å². The molecule has 0 aliphatic rings. The van der Waals surface area contributed by atoms with Crippen molar-refractivity contribution in [1.29, 1.82) is 0 Å². The number of hydrogen-bond acceptors (Lipinski definition) is 2. The standard InChI is InChI=1S/C17H15ClINO/c1-10-4-3-5-12-9-15(21-17(10)12)16(20-2)11-6-7-14(19)13(18)8-11/h3-9,16,20H,1-2H3. The van der Waals surface area contributed by atoms with Crippen LogP contribution in [0.5, 0.6) is 0 Å². The van der Waals surface area contributed by atoms with Crippen molar-refractivity contribution >= 4 is 45.2 Å². The molecule has 21 heavy (non-hydrogen) atoms. The van der Waals surface area contributed by atoms with Crippen molar-refractivity contribution in [2.45, 2.75) is 13.0 Å². The first-order valence-electron chi connectivity index (χ1n) is 6.71. The number of halogens is 2. The number of hydrogen-bond donors (Lipinski definition) is 1. The molecule has 0 saturated carbocycles. The van der Waals surface area contributed by atoms with Crippen molar-refractivity contribution in [3.05, 3.63) is 67.9 Å². The molecule has 0 spiro atoms. The smallest absolute Gasteiger partial charge is 0.137 e. The molecule has 0 saturated heterocycles. The molecule has 1 atom stereocenters. The summed E-state index contributed by atoms with van der Waals surface area (Å²) < 4.78 is 7.12. The molecule has 1 heterocycles. The highest BCUT2D eigenvalue weighted by molar-refractivity contribution is 14.1. The molecular formula is C17H15ClINO. The lowest BCUT2D eigenvalue weighted by Gasteiger charge is -2.14. The summed E-state index contributed by atoms with van der Waals surface area (Å²) in [6.45, 7) is 2.06. The van der Waals surface area contributed by atoms with Gasteiger partial charge in [0.05, 0.1) is 11.1 Å². The van der Waals surface area contributed by atoms with Crippen molar-refractivity contribution in [2.24, 2.45) is 0 Å². The highest BCUT2D eigenvalue weighted by atomic mass is 127. The third kappa shape index (κ3) is 2.82. The van der Waals surface area contributed by atoms with Gasteiger partial charge in [0.1, 0.15) is 11.3 Å². The summed E-state index contributed by atoms with van der Waals surface area (Å²) in [7, 11) is 1.93. The summed E-state index contributed by atoms with van der Waals surface area (Å²) in [6, 6.07) is 14.4. The normalized spacial score (nSPS) is 12.8. The van der Waals surface area contributed by atoms with Gasteiger partial charge < -0.3 is 9.73 Å². The summed E-state index contributed by atoms with van der Waals surface area (Å²) >= 11 is 8.47. The van der Waals surface area contributed by atoms with Gasteiger partial charge in [-0.3, -0.25) is 0 Å². The maximum Gasteiger partial charge on any atom is 0.137 e. The predicted octanol–water partition coefficient (Wildman–Crippen LogP) is 5.31. The Morgan fingerprint density at radius 2 is 2.00 bits per heavy atom. The molecule has 3 rings (SSSR count). The number of para-hydroxylation sites is 1. The monoisotopic (exact) mass is 411 g/mol.